The molecule has 0 aliphatic carbocycles. The fourth-order valence-corrected chi connectivity index (χ4v) is 2.68. The van der Waals surface area contributed by atoms with Crippen molar-refractivity contribution in [2.45, 2.75) is 6.36 Å². The number of ether oxygens (including phenoxy) is 1. The summed E-state index contributed by atoms with van der Waals surface area (Å²) in [6.45, 7) is 0. The van der Waals surface area contributed by atoms with E-state index < -0.39 is 11.3 Å². The highest BCUT2D eigenvalue weighted by atomic mass is 32.1. The number of nitrogens with zero attached hydrogens (tertiary/aromatic N) is 2. The van der Waals surface area contributed by atoms with Crippen molar-refractivity contribution < 1.29 is 22.8 Å². The van der Waals surface area contributed by atoms with Gasteiger partial charge in [-0.15, -0.1) is 13.2 Å². The molecule has 3 rings (SSSR count). The highest BCUT2D eigenvalue weighted by Gasteiger charge is 2.31. The van der Waals surface area contributed by atoms with Gasteiger partial charge in [-0.2, -0.15) is 0 Å². The van der Waals surface area contributed by atoms with Gasteiger partial charge in [-0.3, -0.25) is 14.7 Å². The molecule has 1 heterocycles. The fourth-order valence-electron chi connectivity index (χ4n) is 2.41. The molecule has 2 aromatic carbocycles. The maximum Gasteiger partial charge on any atom is 0.573 e. The monoisotopic (exact) mass is 381 g/mol. The summed E-state index contributed by atoms with van der Waals surface area (Å²) in [6.07, 6.45) is -3.21. The van der Waals surface area contributed by atoms with Gasteiger partial charge in [0, 0.05) is 29.6 Å². The minimum Gasteiger partial charge on any atom is -0.406 e. The number of aromatic nitrogens is 2. The maximum absolute atomic E-state index is 12.3. The number of H-pyrrole nitrogens is 1. The van der Waals surface area contributed by atoms with E-state index in [4.69, 9.17) is 12.2 Å². The second kappa shape index (κ2) is 6.64. The molecule has 0 saturated heterocycles. The SMILES string of the molecule is O=[N+]([O-])c1cccc(-c2c[nH]c(=S)n2-c2ccc(OC(F)(F)F)cc2)c1. The zero-order valence-electron chi connectivity index (χ0n) is 12.9. The van der Waals surface area contributed by atoms with Crippen LogP contribution in [0.25, 0.3) is 16.9 Å². The number of halogens is 3. The van der Waals surface area contributed by atoms with Gasteiger partial charge >= 0.3 is 6.36 Å². The van der Waals surface area contributed by atoms with E-state index in [0.717, 1.165) is 12.1 Å². The van der Waals surface area contributed by atoms with Crippen LogP contribution in [0.15, 0.2) is 54.7 Å². The zero-order valence-corrected chi connectivity index (χ0v) is 13.7. The number of benzene rings is 2. The first kappa shape index (κ1) is 17.7. The second-order valence-corrected chi connectivity index (χ2v) is 5.55. The Morgan fingerprint density at radius 1 is 1.15 bits per heavy atom. The molecule has 0 bridgehead atoms. The molecule has 0 amide bonds. The van der Waals surface area contributed by atoms with Crippen LogP contribution in [0, 0.1) is 14.9 Å². The van der Waals surface area contributed by atoms with E-state index in [1.54, 1.807) is 16.8 Å². The van der Waals surface area contributed by atoms with Crippen LogP contribution in [0.5, 0.6) is 5.75 Å². The van der Waals surface area contributed by atoms with Crippen molar-refractivity contribution in [2.24, 2.45) is 0 Å². The molecule has 0 spiro atoms. The molecular weight excluding hydrogens is 371 g/mol. The first-order chi connectivity index (χ1) is 12.2. The molecule has 0 fully saturated rings. The number of non-ortho nitro benzene ring substituents is 1. The van der Waals surface area contributed by atoms with Gasteiger partial charge in [0.25, 0.3) is 5.69 Å². The average molecular weight is 381 g/mol. The van der Waals surface area contributed by atoms with Crippen LogP contribution in [0.3, 0.4) is 0 Å². The van der Waals surface area contributed by atoms with Gasteiger partial charge in [0.1, 0.15) is 5.75 Å². The molecule has 1 N–H and O–H groups in total. The second-order valence-electron chi connectivity index (χ2n) is 5.16. The van der Waals surface area contributed by atoms with Gasteiger partial charge in [0.05, 0.1) is 10.6 Å². The predicted molar refractivity (Wildman–Crippen MR) is 89.7 cm³/mol. The van der Waals surface area contributed by atoms with E-state index in [0.29, 0.717) is 16.9 Å². The van der Waals surface area contributed by atoms with E-state index in [2.05, 4.69) is 9.72 Å². The Morgan fingerprint density at radius 2 is 1.85 bits per heavy atom. The molecule has 0 aliphatic rings. The van der Waals surface area contributed by atoms with Gasteiger partial charge in [-0.1, -0.05) is 12.1 Å². The molecule has 0 atom stereocenters. The normalized spacial score (nSPS) is 11.3. The molecule has 0 unspecified atom stereocenters. The standard InChI is InChI=1S/C16H10F3N3O3S/c17-16(18,19)25-13-6-4-11(5-7-13)21-14(9-20-15(21)26)10-2-1-3-12(8-10)22(23)24/h1-9H,(H,20,26). The van der Waals surface area contributed by atoms with Gasteiger partial charge < -0.3 is 9.72 Å². The lowest BCUT2D eigenvalue weighted by Crippen LogP contribution is -2.17. The maximum atomic E-state index is 12.3. The molecule has 134 valence electrons. The predicted octanol–water partition coefficient (Wildman–Crippen LogP) is 5.01. The van der Waals surface area contributed by atoms with E-state index in [9.17, 15) is 23.3 Å². The smallest absolute Gasteiger partial charge is 0.406 e. The van der Waals surface area contributed by atoms with E-state index in [-0.39, 0.29) is 16.2 Å². The van der Waals surface area contributed by atoms with Crippen molar-refractivity contribution in [3.8, 4) is 22.7 Å². The highest BCUT2D eigenvalue weighted by Crippen LogP contribution is 2.28. The molecule has 6 nitrogen and oxygen atoms in total. The van der Waals surface area contributed by atoms with E-state index in [1.807, 2.05) is 0 Å². The van der Waals surface area contributed by atoms with Gasteiger partial charge in [-0.05, 0) is 36.5 Å². The van der Waals surface area contributed by atoms with Crippen molar-refractivity contribution in [2.75, 3.05) is 0 Å². The molecule has 26 heavy (non-hydrogen) atoms. The van der Waals surface area contributed by atoms with E-state index in [1.165, 1.54) is 30.3 Å². The number of imidazole rings is 1. The third-order valence-corrected chi connectivity index (χ3v) is 3.76. The highest BCUT2D eigenvalue weighted by molar-refractivity contribution is 7.71. The third kappa shape index (κ3) is 3.75. The zero-order chi connectivity index (χ0) is 18.9. The molecule has 3 aromatic rings. The number of aromatic amines is 1. The number of nitro groups is 1. The van der Waals surface area contributed by atoms with Crippen LogP contribution >= 0.6 is 12.2 Å². The third-order valence-electron chi connectivity index (χ3n) is 3.46. The van der Waals surface area contributed by atoms with Crippen molar-refractivity contribution >= 4 is 17.9 Å². The molecule has 0 radical (unpaired) electrons. The minimum atomic E-state index is -4.78. The van der Waals surface area contributed by atoms with Crippen LogP contribution in [0.4, 0.5) is 18.9 Å². The quantitative estimate of drug-likeness (QED) is 0.392. The van der Waals surface area contributed by atoms with Crippen molar-refractivity contribution in [3.63, 3.8) is 0 Å². The summed E-state index contributed by atoms with van der Waals surface area (Å²) >= 11 is 5.22. The summed E-state index contributed by atoms with van der Waals surface area (Å²) in [7, 11) is 0. The van der Waals surface area contributed by atoms with Crippen LogP contribution in [0.2, 0.25) is 0 Å². The lowest BCUT2D eigenvalue weighted by molar-refractivity contribution is -0.384. The van der Waals surface area contributed by atoms with Crippen LogP contribution < -0.4 is 4.74 Å². The van der Waals surface area contributed by atoms with E-state index >= 15 is 0 Å². The Hall–Kier alpha value is -3.14. The number of hydrogen-bond donors (Lipinski definition) is 1. The first-order valence-electron chi connectivity index (χ1n) is 7.16. The number of nitro benzene ring substituents is 1. The van der Waals surface area contributed by atoms with Crippen LogP contribution in [0.1, 0.15) is 0 Å². The molecular formula is C16H10F3N3O3S. The number of hydrogen-bond acceptors (Lipinski definition) is 4. The molecule has 10 heteroatoms. The van der Waals surface area contributed by atoms with Gasteiger partial charge in [0.2, 0.25) is 0 Å². The van der Waals surface area contributed by atoms with Gasteiger partial charge in [0.15, 0.2) is 4.77 Å². The summed E-state index contributed by atoms with van der Waals surface area (Å²) < 4.78 is 42.5. The summed E-state index contributed by atoms with van der Waals surface area (Å²) in [5, 5.41) is 11.0. The largest absolute Gasteiger partial charge is 0.573 e. The lowest BCUT2D eigenvalue weighted by atomic mass is 10.1. The van der Waals surface area contributed by atoms with Crippen molar-refractivity contribution in [3.05, 3.63) is 69.6 Å². The van der Waals surface area contributed by atoms with Gasteiger partial charge in [-0.25, -0.2) is 0 Å². The minimum absolute atomic E-state index is 0.0879. The summed E-state index contributed by atoms with van der Waals surface area (Å²) in [5.41, 5.74) is 1.45. The Labute approximate surface area is 149 Å². The number of alkyl halides is 3. The Kier molecular flexibility index (Phi) is 4.51. The summed E-state index contributed by atoms with van der Waals surface area (Å²) in [4.78, 5) is 13.3. The fraction of sp³-hybridized carbons (Fsp3) is 0.0625. The lowest BCUT2D eigenvalue weighted by Gasteiger charge is -2.11. The van der Waals surface area contributed by atoms with Crippen molar-refractivity contribution in [1.82, 2.24) is 9.55 Å². The average Bonchev–Trinajstić information content (AvgIpc) is 2.96. The molecule has 0 aliphatic heterocycles. The Morgan fingerprint density at radius 3 is 2.46 bits per heavy atom. The molecule has 1 aromatic heterocycles. The summed E-state index contributed by atoms with van der Waals surface area (Å²) in [5.74, 6) is -0.361. The van der Waals surface area contributed by atoms with Crippen LogP contribution in [-0.2, 0) is 0 Å². The summed E-state index contributed by atoms with van der Waals surface area (Å²) in [6, 6.07) is 11.1. The van der Waals surface area contributed by atoms with Crippen molar-refractivity contribution in [1.29, 1.82) is 0 Å². The Bertz CT molecular complexity index is 1010. The Balaban J connectivity index is 2.02. The number of nitrogens with one attached hydrogen (secondary N) is 1. The molecule has 0 saturated carbocycles. The van der Waals surface area contributed by atoms with Crippen LogP contribution in [-0.4, -0.2) is 20.8 Å². The topological polar surface area (TPSA) is 73.1 Å². The first-order valence-corrected chi connectivity index (χ1v) is 7.57. The number of rotatable bonds is 4.